The first-order chi connectivity index (χ1) is 28.4. The minimum absolute atomic E-state index is 0.0123. The van der Waals surface area contributed by atoms with Crippen LogP contribution in [0.3, 0.4) is 0 Å². The molecule has 2 aliphatic carbocycles. The van der Waals surface area contributed by atoms with Crippen molar-refractivity contribution < 1.29 is 31.6 Å². The number of ether oxygens (including phenoxy) is 1. The van der Waals surface area contributed by atoms with Crippen LogP contribution in [0.2, 0.25) is 36.3 Å². The third-order valence-electron chi connectivity index (χ3n) is 12.0. The monoisotopic (exact) mass is 932 g/mol. The largest absolute Gasteiger partial charge is 0.543 e. The predicted octanol–water partition coefficient (Wildman–Crippen LogP) is 15.2. The number of amides is 1. The van der Waals surface area contributed by atoms with Gasteiger partial charge in [-0.05, 0) is 159 Å². The number of benzene rings is 4. The zero-order chi connectivity index (χ0) is 44.9. The summed E-state index contributed by atoms with van der Waals surface area (Å²) in [6.45, 7) is 25.7. The van der Waals surface area contributed by atoms with E-state index in [0.717, 1.165) is 21.9 Å². The summed E-state index contributed by atoms with van der Waals surface area (Å²) in [4.78, 5) is 16.4. The fourth-order valence-corrected chi connectivity index (χ4v) is 8.12. The van der Waals surface area contributed by atoms with Gasteiger partial charge in [-0.15, -0.1) is 0 Å². The molecule has 1 atom stereocenters. The predicted molar refractivity (Wildman–Crippen MR) is 250 cm³/mol. The Morgan fingerprint density at radius 1 is 0.754 bits per heavy atom. The molecule has 1 heterocycles. The summed E-state index contributed by atoms with van der Waals surface area (Å²) in [6.07, 6.45) is 6.19. The SMILES string of the molecule is CC(C)(C)[Si](C)(C)Oc1cccc(Br)c1.CC(C)(C)[Si](C)(C)Oc1cccc(C2CC2)c1.Cc1c(F)cc([C@@H](C)NC(=O)c2coc(Oc3cccc(C4CC4)c3)n2)cc1F. The third kappa shape index (κ3) is 13.6. The Morgan fingerprint density at radius 3 is 1.69 bits per heavy atom. The van der Waals surface area contributed by atoms with Gasteiger partial charge in [0.15, 0.2) is 5.69 Å². The van der Waals surface area contributed by atoms with Crippen LogP contribution in [0.4, 0.5) is 8.78 Å². The van der Waals surface area contributed by atoms with Crippen LogP contribution in [-0.4, -0.2) is 27.5 Å². The molecule has 0 unspecified atom stereocenters. The molecule has 2 fully saturated rings. The normalized spacial score (nSPS) is 14.7. The zero-order valence-corrected chi connectivity index (χ0v) is 41.4. The molecule has 1 amide bonds. The van der Waals surface area contributed by atoms with E-state index in [4.69, 9.17) is 18.0 Å². The van der Waals surface area contributed by atoms with Gasteiger partial charge in [0.2, 0.25) is 16.6 Å². The van der Waals surface area contributed by atoms with E-state index in [9.17, 15) is 13.6 Å². The summed E-state index contributed by atoms with van der Waals surface area (Å²) >= 11 is 3.46. The van der Waals surface area contributed by atoms with Crippen molar-refractivity contribution in [2.75, 3.05) is 0 Å². The second-order valence-corrected chi connectivity index (χ2v) is 29.6. The molecule has 328 valence electrons. The highest BCUT2D eigenvalue weighted by atomic mass is 79.9. The smallest absolute Gasteiger partial charge is 0.399 e. The fraction of sp³-hybridized carbons (Fsp3) is 0.429. The van der Waals surface area contributed by atoms with Gasteiger partial charge in [0.25, 0.3) is 5.91 Å². The maximum atomic E-state index is 13.8. The second-order valence-electron chi connectivity index (χ2n) is 19.3. The van der Waals surface area contributed by atoms with Gasteiger partial charge in [-0.2, -0.15) is 4.98 Å². The number of aromatic nitrogens is 1. The fourth-order valence-electron chi connectivity index (χ4n) is 5.70. The first-order valence-corrected chi connectivity index (χ1v) is 27.8. The Morgan fingerprint density at radius 2 is 1.21 bits per heavy atom. The van der Waals surface area contributed by atoms with Crippen molar-refractivity contribution in [1.29, 1.82) is 0 Å². The van der Waals surface area contributed by atoms with E-state index in [-0.39, 0.29) is 27.4 Å². The lowest BCUT2D eigenvalue weighted by Crippen LogP contribution is -2.43. The molecule has 4 aromatic carbocycles. The van der Waals surface area contributed by atoms with Gasteiger partial charge in [-0.3, -0.25) is 4.79 Å². The molecule has 5 aromatic rings. The van der Waals surface area contributed by atoms with Gasteiger partial charge in [-0.25, -0.2) is 8.78 Å². The van der Waals surface area contributed by atoms with Gasteiger partial charge in [0.05, 0.1) is 6.04 Å². The van der Waals surface area contributed by atoms with Crippen LogP contribution in [0.5, 0.6) is 23.3 Å². The molecule has 0 bridgehead atoms. The summed E-state index contributed by atoms with van der Waals surface area (Å²) < 4.78 is 51.9. The highest BCUT2D eigenvalue weighted by Gasteiger charge is 2.40. The van der Waals surface area contributed by atoms with Gasteiger partial charge in [0.1, 0.15) is 35.1 Å². The van der Waals surface area contributed by atoms with E-state index in [0.29, 0.717) is 17.2 Å². The highest BCUT2D eigenvalue weighted by molar-refractivity contribution is 9.10. The number of nitrogens with zero attached hydrogens (tertiary/aromatic N) is 1. The average Bonchev–Trinajstić information content (AvgIpc) is 4.11. The Kier molecular flexibility index (Phi) is 15.2. The van der Waals surface area contributed by atoms with E-state index in [1.54, 1.807) is 13.0 Å². The van der Waals surface area contributed by atoms with Gasteiger partial charge in [0, 0.05) is 10.0 Å². The van der Waals surface area contributed by atoms with Gasteiger partial charge in [-0.1, -0.05) is 87.8 Å². The Balaban J connectivity index is 0.000000188. The van der Waals surface area contributed by atoms with E-state index in [2.05, 4.69) is 124 Å². The molecule has 0 radical (unpaired) electrons. The summed E-state index contributed by atoms with van der Waals surface area (Å²) in [5.41, 5.74) is 2.94. The quantitative estimate of drug-likeness (QED) is 0.133. The van der Waals surface area contributed by atoms with Crippen molar-refractivity contribution >= 4 is 38.5 Å². The van der Waals surface area contributed by atoms with Gasteiger partial charge < -0.3 is 23.3 Å². The van der Waals surface area contributed by atoms with Gasteiger partial charge >= 0.3 is 6.08 Å². The molecule has 0 aliphatic heterocycles. The van der Waals surface area contributed by atoms with Crippen LogP contribution >= 0.6 is 15.9 Å². The number of hydrogen-bond acceptors (Lipinski definition) is 6. The average molecular weight is 934 g/mol. The topological polar surface area (TPSA) is 82.8 Å². The van der Waals surface area contributed by atoms with Crippen molar-refractivity contribution in [3.05, 3.63) is 135 Å². The van der Waals surface area contributed by atoms with Crippen LogP contribution in [0, 0.1) is 18.6 Å². The number of rotatable bonds is 11. The van der Waals surface area contributed by atoms with E-state index in [1.807, 2.05) is 36.4 Å². The van der Waals surface area contributed by atoms with Crippen LogP contribution in [0.25, 0.3) is 0 Å². The standard InChI is InChI=1S/C22H20F2N2O3.C15H24OSi.C12H19BrOSi/c1-12-18(23)9-16(10-19(12)24)13(2)25-21(27)20-11-28-22(26-20)29-17-5-3-4-15(8-17)14-6-7-14;1-15(2,3)17(4,5)16-14-8-6-7-13(11-14)12-9-10-12;1-12(2,3)15(4,5)14-11-8-6-7-10(13)9-11/h3-5,8-11,13-14H,6-7H2,1-2H3,(H,25,27);6-8,11-12H,9-10H2,1-5H3;6-9H,1-5H3/t13-;;/m1../s1. The molecule has 0 saturated heterocycles. The molecule has 61 heavy (non-hydrogen) atoms. The zero-order valence-electron chi connectivity index (χ0n) is 37.8. The van der Waals surface area contributed by atoms with Crippen molar-refractivity contribution in [3.63, 3.8) is 0 Å². The van der Waals surface area contributed by atoms with Crippen molar-refractivity contribution in [2.24, 2.45) is 0 Å². The molecule has 2 aliphatic rings. The number of hydrogen-bond donors (Lipinski definition) is 1. The Bertz CT molecular complexity index is 2250. The van der Waals surface area contributed by atoms with Crippen LogP contribution < -0.4 is 18.9 Å². The van der Waals surface area contributed by atoms with Crippen LogP contribution in [-0.2, 0) is 0 Å². The maximum absolute atomic E-state index is 13.8. The summed E-state index contributed by atoms with van der Waals surface area (Å²) in [5, 5.41) is 3.16. The Labute approximate surface area is 372 Å². The summed E-state index contributed by atoms with van der Waals surface area (Å²) in [5.74, 6) is 2.15. The van der Waals surface area contributed by atoms with E-state index >= 15 is 0 Å². The number of carbonyl (C=O) groups is 1. The summed E-state index contributed by atoms with van der Waals surface area (Å²) in [7, 11) is -3.37. The van der Waals surface area contributed by atoms with E-state index < -0.39 is 40.2 Å². The molecular formula is C49H63BrF2N2O5Si2. The Hall–Kier alpha value is -4.27. The minimum atomic E-state index is -1.69. The first kappa shape index (κ1) is 47.8. The summed E-state index contributed by atoms with van der Waals surface area (Å²) in [6, 6.07) is 26.2. The lowest BCUT2D eigenvalue weighted by molar-refractivity contribution is 0.0934. The lowest BCUT2D eigenvalue weighted by atomic mass is 10.1. The number of oxazole rings is 1. The third-order valence-corrected chi connectivity index (χ3v) is 21.2. The molecule has 1 aromatic heterocycles. The molecule has 12 heteroatoms. The van der Waals surface area contributed by atoms with E-state index in [1.165, 1.54) is 62.1 Å². The molecule has 2 saturated carbocycles. The van der Waals surface area contributed by atoms with Crippen molar-refractivity contribution in [2.45, 2.75) is 135 Å². The van der Waals surface area contributed by atoms with Crippen LogP contribution in [0.1, 0.15) is 125 Å². The highest BCUT2D eigenvalue weighted by Crippen LogP contribution is 2.43. The van der Waals surface area contributed by atoms with Crippen molar-refractivity contribution in [1.82, 2.24) is 10.3 Å². The molecule has 1 N–H and O–H groups in total. The lowest BCUT2D eigenvalue weighted by Gasteiger charge is -2.36. The van der Waals surface area contributed by atoms with Crippen molar-refractivity contribution in [3.8, 4) is 23.3 Å². The number of nitrogens with one attached hydrogen (secondary N) is 1. The molecule has 7 rings (SSSR count). The first-order valence-electron chi connectivity index (χ1n) is 21.2. The minimum Gasteiger partial charge on any atom is -0.543 e. The number of halogens is 3. The van der Waals surface area contributed by atoms with Crippen LogP contribution in [0.15, 0.2) is 100 Å². The maximum Gasteiger partial charge on any atom is 0.399 e. The molecule has 7 nitrogen and oxygen atoms in total. The molecule has 0 spiro atoms. The molecular weight excluding hydrogens is 871 g/mol. The second kappa shape index (κ2) is 19.4. The number of carbonyl (C=O) groups excluding carboxylic acids is 1.